The maximum absolute atomic E-state index is 5.23. The van der Waals surface area contributed by atoms with Gasteiger partial charge in [0.15, 0.2) is 0 Å². The normalized spacial score (nSPS) is 10.6. The Morgan fingerprint density at radius 2 is 1.74 bits per heavy atom. The summed E-state index contributed by atoms with van der Waals surface area (Å²) in [7, 11) is 1.68. The van der Waals surface area contributed by atoms with Crippen molar-refractivity contribution in [3.8, 4) is 17.0 Å². The highest BCUT2D eigenvalue weighted by Gasteiger charge is 2.02. The molecule has 3 rings (SSSR count). The molecule has 3 nitrogen and oxygen atoms in total. The molecule has 0 N–H and O–H groups in total. The Balaban J connectivity index is 2.11. The standard InChI is InChI=1S/C16H14N2O/c1-11-17-8-7-16(18-11)14-4-3-13-10-15(19-2)6-5-12(13)9-14/h3-10H,1-2H3. The molecule has 3 heteroatoms. The largest absolute Gasteiger partial charge is 0.497 e. The van der Waals surface area contributed by atoms with Crippen LogP contribution in [0, 0.1) is 6.92 Å². The minimum Gasteiger partial charge on any atom is -0.497 e. The van der Waals surface area contributed by atoms with Crippen molar-refractivity contribution in [1.29, 1.82) is 0 Å². The molecule has 0 aliphatic heterocycles. The molecule has 1 heterocycles. The monoisotopic (exact) mass is 250 g/mol. The number of hydrogen-bond acceptors (Lipinski definition) is 3. The number of hydrogen-bond donors (Lipinski definition) is 0. The van der Waals surface area contributed by atoms with Crippen LogP contribution in [-0.2, 0) is 0 Å². The number of ether oxygens (including phenoxy) is 1. The zero-order chi connectivity index (χ0) is 13.2. The molecule has 0 aliphatic carbocycles. The molecule has 0 radical (unpaired) electrons. The van der Waals surface area contributed by atoms with Crippen LogP contribution in [0.5, 0.6) is 5.75 Å². The SMILES string of the molecule is COc1ccc2cc(-c3ccnc(C)n3)ccc2c1. The lowest BCUT2D eigenvalue weighted by Crippen LogP contribution is -1.90. The number of fused-ring (bicyclic) bond motifs is 1. The first-order valence-corrected chi connectivity index (χ1v) is 6.14. The second-order valence-electron chi connectivity index (χ2n) is 4.42. The predicted molar refractivity (Wildman–Crippen MR) is 76.3 cm³/mol. The van der Waals surface area contributed by atoms with Gasteiger partial charge in [0.05, 0.1) is 12.8 Å². The Bertz CT molecular complexity index is 738. The van der Waals surface area contributed by atoms with Gasteiger partial charge in [-0.2, -0.15) is 0 Å². The summed E-state index contributed by atoms with van der Waals surface area (Å²) in [4.78, 5) is 8.57. The average Bonchev–Trinajstić information content (AvgIpc) is 2.46. The van der Waals surface area contributed by atoms with Gasteiger partial charge in [-0.05, 0) is 42.0 Å². The van der Waals surface area contributed by atoms with Gasteiger partial charge in [0, 0.05) is 11.8 Å². The number of rotatable bonds is 2. The minimum absolute atomic E-state index is 0.785. The van der Waals surface area contributed by atoms with Gasteiger partial charge in [0.1, 0.15) is 11.6 Å². The van der Waals surface area contributed by atoms with E-state index in [2.05, 4.69) is 34.2 Å². The Kier molecular flexibility index (Phi) is 2.88. The Hall–Kier alpha value is -2.42. The van der Waals surface area contributed by atoms with Crippen LogP contribution in [-0.4, -0.2) is 17.1 Å². The highest BCUT2D eigenvalue weighted by molar-refractivity contribution is 5.87. The van der Waals surface area contributed by atoms with Gasteiger partial charge in [-0.1, -0.05) is 18.2 Å². The van der Waals surface area contributed by atoms with Crippen molar-refractivity contribution in [1.82, 2.24) is 9.97 Å². The molecule has 1 aromatic heterocycles. The molecule has 94 valence electrons. The first kappa shape index (κ1) is 11.7. The molecule has 0 saturated heterocycles. The molecule has 0 aliphatic rings. The highest BCUT2D eigenvalue weighted by atomic mass is 16.5. The van der Waals surface area contributed by atoms with Crippen LogP contribution in [0.25, 0.3) is 22.0 Å². The van der Waals surface area contributed by atoms with E-state index in [0.29, 0.717) is 0 Å². The third-order valence-corrected chi connectivity index (χ3v) is 3.12. The van der Waals surface area contributed by atoms with E-state index in [1.807, 2.05) is 25.1 Å². The molecule has 0 saturated carbocycles. The maximum atomic E-state index is 5.23. The highest BCUT2D eigenvalue weighted by Crippen LogP contribution is 2.25. The van der Waals surface area contributed by atoms with Crippen molar-refractivity contribution in [2.75, 3.05) is 7.11 Å². The lowest BCUT2D eigenvalue weighted by atomic mass is 10.0. The number of aromatic nitrogens is 2. The summed E-state index contributed by atoms with van der Waals surface area (Å²) < 4.78 is 5.23. The minimum atomic E-state index is 0.785. The van der Waals surface area contributed by atoms with Gasteiger partial charge in [0.2, 0.25) is 0 Å². The molecule has 0 amide bonds. The van der Waals surface area contributed by atoms with Crippen LogP contribution in [0.3, 0.4) is 0 Å². The van der Waals surface area contributed by atoms with Gasteiger partial charge in [-0.3, -0.25) is 0 Å². The first-order valence-electron chi connectivity index (χ1n) is 6.14. The van der Waals surface area contributed by atoms with Crippen molar-refractivity contribution in [3.63, 3.8) is 0 Å². The van der Waals surface area contributed by atoms with Crippen LogP contribution in [0.2, 0.25) is 0 Å². The van der Waals surface area contributed by atoms with E-state index < -0.39 is 0 Å². The smallest absolute Gasteiger partial charge is 0.125 e. The fraction of sp³-hybridized carbons (Fsp3) is 0.125. The van der Waals surface area contributed by atoms with Gasteiger partial charge < -0.3 is 4.74 Å². The fourth-order valence-corrected chi connectivity index (χ4v) is 2.13. The molecular formula is C16H14N2O. The zero-order valence-corrected chi connectivity index (χ0v) is 10.9. The summed E-state index contributed by atoms with van der Waals surface area (Å²) in [5, 5.41) is 2.34. The summed E-state index contributed by atoms with van der Waals surface area (Å²) in [5.74, 6) is 1.66. The average molecular weight is 250 g/mol. The van der Waals surface area contributed by atoms with Crippen LogP contribution < -0.4 is 4.74 Å². The van der Waals surface area contributed by atoms with Crippen LogP contribution >= 0.6 is 0 Å². The Morgan fingerprint density at radius 1 is 0.947 bits per heavy atom. The van der Waals surface area contributed by atoms with Gasteiger partial charge in [-0.25, -0.2) is 9.97 Å². The van der Waals surface area contributed by atoms with Crippen LogP contribution in [0.4, 0.5) is 0 Å². The number of methoxy groups -OCH3 is 1. The lowest BCUT2D eigenvalue weighted by Gasteiger charge is -2.05. The molecule has 0 atom stereocenters. The Morgan fingerprint density at radius 3 is 2.53 bits per heavy atom. The van der Waals surface area contributed by atoms with E-state index in [4.69, 9.17) is 4.74 Å². The van der Waals surface area contributed by atoms with E-state index >= 15 is 0 Å². The van der Waals surface area contributed by atoms with E-state index in [1.54, 1.807) is 13.3 Å². The zero-order valence-electron chi connectivity index (χ0n) is 10.9. The molecular weight excluding hydrogens is 236 g/mol. The number of benzene rings is 2. The van der Waals surface area contributed by atoms with Crippen molar-refractivity contribution < 1.29 is 4.74 Å². The molecule has 0 fully saturated rings. The molecule has 0 unspecified atom stereocenters. The first-order chi connectivity index (χ1) is 9.26. The van der Waals surface area contributed by atoms with E-state index in [-0.39, 0.29) is 0 Å². The van der Waals surface area contributed by atoms with Crippen molar-refractivity contribution >= 4 is 10.8 Å². The Labute approximate surface area is 111 Å². The van der Waals surface area contributed by atoms with E-state index in [1.165, 1.54) is 5.39 Å². The summed E-state index contributed by atoms with van der Waals surface area (Å²) in [6.07, 6.45) is 1.79. The summed E-state index contributed by atoms with van der Waals surface area (Å²) in [6, 6.07) is 14.3. The van der Waals surface area contributed by atoms with Crippen LogP contribution in [0.1, 0.15) is 5.82 Å². The lowest BCUT2D eigenvalue weighted by molar-refractivity contribution is 0.415. The van der Waals surface area contributed by atoms with E-state index in [9.17, 15) is 0 Å². The number of nitrogens with zero attached hydrogens (tertiary/aromatic N) is 2. The summed E-state index contributed by atoms with van der Waals surface area (Å²) in [6.45, 7) is 1.90. The fourth-order valence-electron chi connectivity index (χ4n) is 2.13. The van der Waals surface area contributed by atoms with Crippen LogP contribution in [0.15, 0.2) is 48.7 Å². The van der Waals surface area contributed by atoms with Crippen molar-refractivity contribution in [2.45, 2.75) is 6.92 Å². The topological polar surface area (TPSA) is 35.0 Å². The molecule has 0 bridgehead atoms. The molecule has 2 aromatic carbocycles. The summed E-state index contributed by atoms with van der Waals surface area (Å²) >= 11 is 0. The van der Waals surface area contributed by atoms with Gasteiger partial charge in [0.25, 0.3) is 0 Å². The van der Waals surface area contributed by atoms with Gasteiger partial charge in [-0.15, -0.1) is 0 Å². The second kappa shape index (κ2) is 4.69. The molecule has 0 spiro atoms. The molecule has 19 heavy (non-hydrogen) atoms. The van der Waals surface area contributed by atoms with Gasteiger partial charge >= 0.3 is 0 Å². The molecule has 3 aromatic rings. The quantitative estimate of drug-likeness (QED) is 0.696. The second-order valence-corrected chi connectivity index (χ2v) is 4.42. The van der Waals surface area contributed by atoms with Crippen molar-refractivity contribution in [3.05, 3.63) is 54.5 Å². The number of aryl methyl sites for hydroxylation is 1. The third-order valence-electron chi connectivity index (χ3n) is 3.12. The summed E-state index contributed by atoms with van der Waals surface area (Å²) in [5.41, 5.74) is 2.05. The predicted octanol–water partition coefficient (Wildman–Crippen LogP) is 3.61. The van der Waals surface area contributed by atoms with Crippen molar-refractivity contribution in [2.24, 2.45) is 0 Å². The third kappa shape index (κ3) is 2.27. The van der Waals surface area contributed by atoms with E-state index in [0.717, 1.165) is 28.2 Å². The maximum Gasteiger partial charge on any atom is 0.125 e.